The molecule has 6 nitrogen and oxygen atoms in total. The molecule has 0 saturated heterocycles. The Kier molecular flexibility index (Phi) is 6.66. The number of benzene rings is 1. The summed E-state index contributed by atoms with van der Waals surface area (Å²) in [6, 6.07) is 7.93. The number of hydrogen-bond acceptors (Lipinski definition) is 4. The highest BCUT2D eigenvalue weighted by molar-refractivity contribution is 5.79. The fourth-order valence-electron chi connectivity index (χ4n) is 2.56. The van der Waals surface area contributed by atoms with Crippen molar-refractivity contribution < 1.29 is 9.26 Å². The SMILES string of the molecule is CCc1noc(CC)c1CNC(=NC)NCc1ccccc1OC. The zero-order valence-corrected chi connectivity index (χ0v) is 14.8. The molecule has 0 aliphatic heterocycles. The van der Waals surface area contributed by atoms with Crippen molar-refractivity contribution in [3.63, 3.8) is 0 Å². The lowest BCUT2D eigenvalue weighted by molar-refractivity contribution is 0.380. The van der Waals surface area contributed by atoms with Crippen LogP contribution in [-0.2, 0) is 25.9 Å². The summed E-state index contributed by atoms with van der Waals surface area (Å²) >= 11 is 0. The minimum Gasteiger partial charge on any atom is -0.496 e. The molecule has 1 heterocycles. The summed E-state index contributed by atoms with van der Waals surface area (Å²) in [5.41, 5.74) is 3.20. The van der Waals surface area contributed by atoms with Crippen LogP contribution in [0.15, 0.2) is 33.8 Å². The molecule has 0 aliphatic carbocycles. The number of nitrogens with one attached hydrogen (secondary N) is 2. The van der Waals surface area contributed by atoms with Crippen LogP contribution in [-0.4, -0.2) is 25.3 Å². The second-order valence-corrected chi connectivity index (χ2v) is 5.33. The van der Waals surface area contributed by atoms with E-state index in [-0.39, 0.29) is 0 Å². The molecule has 0 aliphatic rings. The largest absolute Gasteiger partial charge is 0.496 e. The van der Waals surface area contributed by atoms with Crippen LogP contribution in [0.1, 0.15) is 36.4 Å². The van der Waals surface area contributed by atoms with Gasteiger partial charge in [-0.2, -0.15) is 0 Å². The van der Waals surface area contributed by atoms with Crippen LogP contribution in [0.4, 0.5) is 0 Å². The van der Waals surface area contributed by atoms with Crippen molar-refractivity contribution >= 4 is 5.96 Å². The second kappa shape index (κ2) is 8.96. The number of para-hydroxylation sites is 1. The van der Waals surface area contributed by atoms with Crippen molar-refractivity contribution in [3.8, 4) is 5.75 Å². The third kappa shape index (κ3) is 4.28. The lowest BCUT2D eigenvalue weighted by atomic mass is 10.1. The molecular weight excluding hydrogens is 304 g/mol. The number of ether oxygens (including phenoxy) is 1. The van der Waals surface area contributed by atoms with Crippen LogP contribution < -0.4 is 15.4 Å². The zero-order valence-electron chi connectivity index (χ0n) is 14.8. The molecule has 0 atom stereocenters. The van der Waals surface area contributed by atoms with Gasteiger partial charge in [0.2, 0.25) is 0 Å². The molecular formula is C18H26N4O2. The van der Waals surface area contributed by atoms with Crippen molar-refractivity contribution in [3.05, 3.63) is 46.8 Å². The lowest BCUT2D eigenvalue weighted by Gasteiger charge is -2.14. The topological polar surface area (TPSA) is 71.7 Å². The zero-order chi connectivity index (χ0) is 17.4. The van der Waals surface area contributed by atoms with Crippen molar-refractivity contribution in [2.75, 3.05) is 14.2 Å². The maximum Gasteiger partial charge on any atom is 0.191 e. The standard InChI is InChI=1S/C18H26N4O2/c1-5-15-14(16(6-2)24-22-15)12-21-18(19-3)20-11-13-9-7-8-10-17(13)23-4/h7-10H,5-6,11-12H2,1-4H3,(H2,19,20,21). The Morgan fingerprint density at radius 3 is 2.58 bits per heavy atom. The molecule has 2 N–H and O–H groups in total. The molecule has 0 spiro atoms. The number of hydrogen-bond donors (Lipinski definition) is 2. The molecule has 2 aromatic rings. The molecule has 2 rings (SSSR count). The average Bonchev–Trinajstić information content (AvgIpc) is 3.04. The Labute approximate surface area is 143 Å². The molecule has 24 heavy (non-hydrogen) atoms. The molecule has 1 aromatic carbocycles. The maximum absolute atomic E-state index is 5.39. The Morgan fingerprint density at radius 2 is 1.92 bits per heavy atom. The second-order valence-electron chi connectivity index (χ2n) is 5.33. The van der Waals surface area contributed by atoms with Crippen LogP contribution >= 0.6 is 0 Å². The van der Waals surface area contributed by atoms with E-state index in [1.807, 2.05) is 24.3 Å². The summed E-state index contributed by atoms with van der Waals surface area (Å²) < 4.78 is 10.8. The lowest BCUT2D eigenvalue weighted by Crippen LogP contribution is -2.36. The Balaban J connectivity index is 1.97. The minimum atomic E-state index is 0.634. The number of aryl methyl sites for hydroxylation is 2. The number of guanidine groups is 1. The van der Waals surface area contributed by atoms with Gasteiger partial charge in [0.15, 0.2) is 5.96 Å². The normalized spacial score (nSPS) is 11.4. The summed E-state index contributed by atoms with van der Waals surface area (Å²) in [6.45, 7) is 5.42. The maximum atomic E-state index is 5.39. The Bertz CT molecular complexity index is 658. The number of methoxy groups -OCH3 is 1. The molecule has 0 saturated carbocycles. The summed E-state index contributed by atoms with van der Waals surface area (Å²) in [6.07, 6.45) is 1.69. The first kappa shape index (κ1) is 17.8. The van der Waals surface area contributed by atoms with Crippen molar-refractivity contribution in [1.82, 2.24) is 15.8 Å². The molecule has 6 heteroatoms. The first-order chi connectivity index (χ1) is 11.7. The fraction of sp³-hybridized carbons (Fsp3) is 0.444. The van der Waals surface area contributed by atoms with E-state index in [2.05, 4.69) is 34.6 Å². The third-order valence-corrected chi connectivity index (χ3v) is 3.90. The fourth-order valence-corrected chi connectivity index (χ4v) is 2.56. The molecule has 0 unspecified atom stereocenters. The summed E-state index contributed by atoms with van der Waals surface area (Å²) in [7, 11) is 3.43. The molecule has 1 aromatic heterocycles. The number of aliphatic imine (C=N–C) groups is 1. The highest BCUT2D eigenvalue weighted by atomic mass is 16.5. The third-order valence-electron chi connectivity index (χ3n) is 3.90. The predicted molar refractivity (Wildman–Crippen MR) is 95.3 cm³/mol. The molecule has 0 fully saturated rings. The first-order valence-electron chi connectivity index (χ1n) is 8.26. The average molecular weight is 330 g/mol. The van der Waals surface area contributed by atoms with Gasteiger partial charge in [0.1, 0.15) is 11.5 Å². The van der Waals surface area contributed by atoms with Gasteiger partial charge in [-0.3, -0.25) is 4.99 Å². The van der Waals surface area contributed by atoms with Crippen LogP contribution in [0.2, 0.25) is 0 Å². The van der Waals surface area contributed by atoms with Crippen LogP contribution in [0.25, 0.3) is 0 Å². The summed E-state index contributed by atoms with van der Waals surface area (Å²) in [5.74, 6) is 2.52. The Hall–Kier alpha value is -2.50. The van der Waals surface area contributed by atoms with Crippen LogP contribution in [0.3, 0.4) is 0 Å². The van der Waals surface area contributed by atoms with Crippen molar-refractivity contribution in [2.24, 2.45) is 4.99 Å². The van der Waals surface area contributed by atoms with E-state index in [0.717, 1.165) is 47.1 Å². The highest BCUT2D eigenvalue weighted by Crippen LogP contribution is 2.17. The minimum absolute atomic E-state index is 0.634. The van der Waals surface area contributed by atoms with Crippen molar-refractivity contribution in [2.45, 2.75) is 39.8 Å². The van der Waals surface area contributed by atoms with Gasteiger partial charge in [-0.1, -0.05) is 37.2 Å². The van der Waals surface area contributed by atoms with Crippen LogP contribution in [0.5, 0.6) is 5.75 Å². The van der Waals surface area contributed by atoms with Gasteiger partial charge in [0.05, 0.1) is 12.8 Å². The van der Waals surface area contributed by atoms with Gasteiger partial charge in [-0.25, -0.2) is 0 Å². The van der Waals surface area contributed by atoms with E-state index >= 15 is 0 Å². The van der Waals surface area contributed by atoms with E-state index in [4.69, 9.17) is 9.26 Å². The van der Waals surface area contributed by atoms with Gasteiger partial charge in [-0.05, 0) is 12.5 Å². The van der Waals surface area contributed by atoms with E-state index < -0.39 is 0 Å². The van der Waals surface area contributed by atoms with Gasteiger partial charge >= 0.3 is 0 Å². The predicted octanol–water partition coefficient (Wildman–Crippen LogP) is 2.67. The van der Waals surface area contributed by atoms with Crippen LogP contribution in [0, 0.1) is 0 Å². The van der Waals surface area contributed by atoms with E-state index in [0.29, 0.717) is 13.1 Å². The molecule has 0 amide bonds. The van der Waals surface area contributed by atoms with Crippen molar-refractivity contribution in [1.29, 1.82) is 0 Å². The smallest absolute Gasteiger partial charge is 0.191 e. The monoisotopic (exact) mass is 330 g/mol. The van der Waals surface area contributed by atoms with Gasteiger partial charge in [0, 0.05) is 37.7 Å². The Morgan fingerprint density at radius 1 is 1.17 bits per heavy atom. The number of nitrogens with zero attached hydrogens (tertiary/aromatic N) is 2. The molecule has 0 radical (unpaired) electrons. The molecule has 130 valence electrons. The first-order valence-corrected chi connectivity index (χ1v) is 8.26. The highest BCUT2D eigenvalue weighted by Gasteiger charge is 2.13. The number of aromatic nitrogens is 1. The van der Waals surface area contributed by atoms with Gasteiger partial charge in [0.25, 0.3) is 0 Å². The van der Waals surface area contributed by atoms with Gasteiger partial charge in [-0.15, -0.1) is 0 Å². The summed E-state index contributed by atoms with van der Waals surface area (Å²) in [4.78, 5) is 4.27. The molecule has 0 bridgehead atoms. The van der Waals surface area contributed by atoms with E-state index in [1.165, 1.54) is 0 Å². The quantitative estimate of drug-likeness (QED) is 0.603. The summed E-state index contributed by atoms with van der Waals surface area (Å²) in [5, 5.41) is 10.8. The van der Waals surface area contributed by atoms with E-state index in [1.54, 1.807) is 14.2 Å². The van der Waals surface area contributed by atoms with Gasteiger partial charge < -0.3 is 19.9 Å². The van der Waals surface area contributed by atoms with E-state index in [9.17, 15) is 0 Å². The number of rotatable bonds is 7.